The number of carbonyl (C=O) groups excluding carboxylic acids is 1. The number of hydrogen-bond donors (Lipinski definition) is 0. The summed E-state index contributed by atoms with van der Waals surface area (Å²) in [5, 5.41) is 0.743. The lowest BCUT2D eigenvalue weighted by atomic mass is 10.5. The predicted octanol–water partition coefficient (Wildman–Crippen LogP) is 2.27. The summed E-state index contributed by atoms with van der Waals surface area (Å²) in [7, 11) is 0. The average molecular weight is 165 g/mol. The molecule has 0 spiro atoms. The van der Waals surface area contributed by atoms with Crippen LogP contribution in [0.25, 0.3) is 0 Å². The van der Waals surface area contributed by atoms with Crippen LogP contribution in [0.4, 0.5) is 4.39 Å². The summed E-state index contributed by atoms with van der Waals surface area (Å²) in [6.07, 6.45) is 0. The molecule has 9 heavy (non-hydrogen) atoms. The SMILES string of the molecule is O=C(Cl)c1sccc1F. The van der Waals surface area contributed by atoms with Gasteiger partial charge in [-0.15, -0.1) is 11.3 Å². The normalized spacial score (nSPS) is 9.56. The van der Waals surface area contributed by atoms with Gasteiger partial charge in [-0.25, -0.2) is 4.39 Å². The Morgan fingerprint density at radius 2 is 2.44 bits per heavy atom. The van der Waals surface area contributed by atoms with Gasteiger partial charge >= 0.3 is 0 Å². The second kappa shape index (κ2) is 2.45. The van der Waals surface area contributed by atoms with Gasteiger partial charge in [-0.05, 0) is 23.0 Å². The first kappa shape index (κ1) is 6.71. The molecule has 1 nitrogen and oxygen atoms in total. The largest absolute Gasteiger partial charge is 0.275 e. The Kier molecular flexibility index (Phi) is 1.83. The highest BCUT2D eigenvalue weighted by molar-refractivity contribution is 7.14. The van der Waals surface area contributed by atoms with E-state index in [1.807, 2.05) is 0 Å². The topological polar surface area (TPSA) is 17.1 Å². The van der Waals surface area contributed by atoms with Gasteiger partial charge in [-0.3, -0.25) is 4.79 Å². The van der Waals surface area contributed by atoms with Gasteiger partial charge in [0.15, 0.2) is 0 Å². The highest BCUT2D eigenvalue weighted by Gasteiger charge is 2.08. The minimum atomic E-state index is -0.734. The quantitative estimate of drug-likeness (QED) is 0.582. The molecule has 0 saturated carbocycles. The van der Waals surface area contributed by atoms with E-state index in [2.05, 4.69) is 0 Å². The molecule has 0 unspecified atom stereocenters. The molecule has 0 aliphatic carbocycles. The molecule has 1 aromatic heterocycles. The number of hydrogen-bond acceptors (Lipinski definition) is 2. The summed E-state index contributed by atoms with van der Waals surface area (Å²) >= 11 is 5.98. The van der Waals surface area contributed by atoms with Crippen molar-refractivity contribution in [2.24, 2.45) is 0 Å². The van der Waals surface area contributed by atoms with Crippen LogP contribution in [0.2, 0.25) is 0 Å². The molecule has 1 rings (SSSR count). The van der Waals surface area contributed by atoms with Crippen molar-refractivity contribution in [3.05, 3.63) is 22.1 Å². The van der Waals surface area contributed by atoms with Crippen LogP contribution in [0.15, 0.2) is 11.4 Å². The Bertz CT molecular complexity index is 233. The van der Waals surface area contributed by atoms with Crippen molar-refractivity contribution in [2.45, 2.75) is 0 Å². The van der Waals surface area contributed by atoms with E-state index in [-0.39, 0.29) is 4.88 Å². The molecule has 0 atom stereocenters. The van der Waals surface area contributed by atoms with E-state index >= 15 is 0 Å². The Hall–Kier alpha value is -0.410. The maximum absolute atomic E-state index is 12.3. The van der Waals surface area contributed by atoms with Crippen LogP contribution in [0.3, 0.4) is 0 Å². The van der Waals surface area contributed by atoms with Crippen LogP contribution < -0.4 is 0 Å². The maximum Gasteiger partial charge on any atom is 0.265 e. The number of halogens is 2. The number of thiophene rings is 1. The first-order valence-corrected chi connectivity index (χ1v) is 3.40. The molecule has 1 aromatic rings. The van der Waals surface area contributed by atoms with Crippen molar-refractivity contribution in [1.29, 1.82) is 0 Å². The highest BCUT2D eigenvalue weighted by atomic mass is 35.5. The smallest absolute Gasteiger partial charge is 0.265 e. The van der Waals surface area contributed by atoms with Crippen molar-refractivity contribution >= 4 is 28.2 Å². The van der Waals surface area contributed by atoms with E-state index in [4.69, 9.17) is 11.6 Å². The summed E-state index contributed by atoms with van der Waals surface area (Å²) in [5.41, 5.74) is 0. The number of rotatable bonds is 1. The van der Waals surface area contributed by atoms with Gasteiger partial charge in [-0.1, -0.05) is 0 Å². The predicted molar refractivity (Wildman–Crippen MR) is 34.5 cm³/mol. The fourth-order valence-corrected chi connectivity index (χ4v) is 1.25. The van der Waals surface area contributed by atoms with Crippen LogP contribution in [0.1, 0.15) is 9.67 Å². The third-order valence-electron chi connectivity index (χ3n) is 0.796. The molecular weight excluding hydrogens is 163 g/mol. The molecule has 48 valence electrons. The van der Waals surface area contributed by atoms with Crippen LogP contribution >= 0.6 is 22.9 Å². The molecule has 0 fully saturated rings. The monoisotopic (exact) mass is 164 g/mol. The zero-order chi connectivity index (χ0) is 6.85. The summed E-state index contributed by atoms with van der Waals surface area (Å²) < 4.78 is 12.3. The number of carbonyl (C=O) groups is 1. The third-order valence-corrected chi connectivity index (χ3v) is 1.98. The zero-order valence-electron chi connectivity index (χ0n) is 4.23. The fraction of sp³-hybridized carbons (Fsp3) is 0. The van der Waals surface area contributed by atoms with Crippen molar-refractivity contribution < 1.29 is 9.18 Å². The van der Waals surface area contributed by atoms with E-state index in [0.717, 1.165) is 11.3 Å². The van der Waals surface area contributed by atoms with Crippen molar-refractivity contribution in [3.63, 3.8) is 0 Å². The lowest BCUT2D eigenvalue weighted by Crippen LogP contribution is -1.84. The molecule has 0 aliphatic heterocycles. The van der Waals surface area contributed by atoms with Gasteiger partial charge in [0.1, 0.15) is 10.7 Å². The summed E-state index contributed by atoms with van der Waals surface area (Å²) in [4.78, 5) is 10.2. The van der Waals surface area contributed by atoms with Gasteiger partial charge in [0, 0.05) is 0 Å². The van der Waals surface area contributed by atoms with Gasteiger partial charge in [-0.2, -0.15) is 0 Å². The van der Waals surface area contributed by atoms with Gasteiger partial charge < -0.3 is 0 Å². The molecule has 0 amide bonds. The molecular formula is C5H2ClFOS. The van der Waals surface area contributed by atoms with E-state index in [1.54, 1.807) is 0 Å². The third kappa shape index (κ3) is 1.28. The van der Waals surface area contributed by atoms with E-state index in [0.29, 0.717) is 0 Å². The maximum atomic E-state index is 12.3. The van der Waals surface area contributed by atoms with Gasteiger partial charge in [0.2, 0.25) is 0 Å². The second-order valence-electron chi connectivity index (χ2n) is 1.37. The Balaban J connectivity index is 3.08. The summed E-state index contributed by atoms with van der Waals surface area (Å²) in [6, 6.07) is 1.21. The molecule has 0 bridgehead atoms. The Morgan fingerprint density at radius 1 is 1.78 bits per heavy atom. The van der Waals surface area contributed by atoms with E-state index < -0.39 is 11.1 Å². The second-order valence-corrected chi connectivity index (χ2v) is 2.63. The standard InChI is InChI=1S/C5H2ClFOS/c6-5(8)4-3(7)1-2-9-4/h1-2H. The first-order valence-electron chi connectivity index (χ1n) is 2.14. The minimum Gasteiger partial charge on any atom is -0.275 e. The van der Waals surface area contributed by atoms with Crippen LogP contribution in [0.5, 0.6) is 0 Å². The van der Waals surface area contributed by atoms with Crippen molar-refractivity contribution in [3.8, 4) is 0 Å². The lowest BCUT2D eigenvalue weighted by molar-refractivity contribution is 0.108. The molecule has 4 heteroatoms. The van der Waals surface area contributed by atoms with Gasteiger partial charge in [0.25, 0.3) is 5.24 Å². The molecule has 0 N–H and O–H groups in total. The first-order chi connectivity index (χ1) is 4.22. The molecule has 0 aromatic carbocycles. The minimum absolute atomic E-state index is 0.0170. The molecule has 1 heterocycles. The van der Waals surface area contributed by atoms with Gasteiger partial charge in [0.05, 0.1) is 0 Å². The van der Waals surface area contributed by atoms with Crippen LogP contribution in [-0.4, -0.2) is 5.24 Å². The summed E-state index contributed by atoms with van der Waals surface area (Å²) in [6.45, 7) is 0. The molecule has 0 radical (unpaired) electrons. The summed E-state index contributed by atoms with van der Waals surface area (Å²) in [5.74, 6) is -0.542. The van der Waals surface area contributed by atoms with E-state index in [9.17, 15) is 9.18 Å². The van der Waals surface area contributed by atoms with Crippen LogP contribution in [0, 0.1) is 5.82 Å². The Labute approximate surface area is 60.1 Å². The average Bonchev–Trinajstić information content (AvgIpc) is 2.13. The fourth-order valence-electron chi connectivity index (χ4n) is 0.434. The Morgan fingerprint density at radius 3 is 2.67 bits per heavy atom. The van der Waals surface area contributed by atoms with Crippen LogP contribution in [-0.2, 0) is 0 Å². The molecule has 0 saturated heterocycles. The van der Waals surface area contributed by atoms with Crippen molar-refractivity contribution in [2.75, 3.05) is 0 Å². The van der Waals surface area contributed by atoms with E-state index in [1.165, 1.54) is 11.4 Å². The van der Waals surface area contributed by atoms with Crippen molar-refractivity contribution in [1.82, 2.24) is 0 Å². The molecule has 0 aliphatic rings. The highest BCUT2D eigenvalue weighted by Crippen LogP contribution is 2.16. The zero-order valence-corrected chi connectivity index (χ0v) is 5.80. The lowest BCUT2D eigenvalue weighted by Gasteiger charge is -1.81.